The minimum absolute atomic E-state index is 0.536. The molecule has 4 nitrogen and oxygen atoms in total. The number of aldehydes is 1. The van der Waals surface area contributed by atoms with Crippen LogP contribution in [-0.2, 0) is 9.45 Å². The van der Waals surface area contributed by atoms with Crippen molar-refractivity contribution in [3.63, 3.8) is 0 Å². The van der Waals surface area contributed by atoms with Gasteiger partial charge in [0.1, 0.15) is 6.29 Å². The zero-order chi connectivity index (χ0) is 13.0. The van der Waals surface area contributed by atoms with Gasteiger partial charge in [0.2, 0.25) is 0 Å². The Morgan fingerprint density at radius 1 is 1.38 bits per heavy atom. The Bertz CT molecular complexity index is 223. The van der Waals surface area contributed by atoms with Gasteiger partial charge in [0.05, 0.1) is 11.2 Å². The van der Waals surface area contributed by atoms with Crippen LogP contribution in [0.5, 0.6) is 0 Å². The van der Waals surface area contributed by atoms with E-state index in [1.165, 1.54) is 0 Å². The van der Waals surface area contributed by atoms with Crippen LogP contribution < -0.4 is 0 Å². The van der Waals surface area contributed by atoms with Crippen molar-refractivity contribution in [3.05, 3.63) is 0 Å². The van der Waals surface area contributed by atoms with E-state index in [0.717, 1.165) is 6.42 Å². The zero-order valence-electron chi connectivity index (χ0n) is 10.9. The van der Waals surface area contributed by atoms with E-state index in [9.17, 15) is 14.9 Å². The third-order valence-corrected chi connectivity index (χ3v) is 3.05. The average molecular weight is 230 g/mol. The molecule has 1 atom stereocenters. The van der Waals surface area contributed by atoms with Gasteiger partial charge in [-0.25, -0.2) is 0 Å². The molecule has 0 radical (unpaired) electrons. The summed E-state index contributed by atoms with van der Waals surface area (Å²) in [5.74, 6) is -0.536. The molecule has 0 bridgehead atoms. The number of carbonyl (C=O) groups is 1. The van der Waals surface area contributed by atoms with Crippen LogP contribution in [-0.4, -0.2) is 34.7 Å². The van der Waals surface area contributed by atoms with E-state index in [4.69, 9.17) is 4.65 Å². The Morgan fingerprint density at radius 3 is 2.19 bits per heavy atom. The molecule has 0 aromatic heterocycles. The van der Waals surface area contributed by atoms with Crippen molar-refractivity contribution in [3.8, 4) is 0 Å². The third kappa shape index (κ3) is 4.24. The Morgan fingerprint density at radius 2 is 1.88 bits per heavy atom. The number of carbonyl (C=O) groups excluding carboxylic acids is 1. The van der Waals surface area contributed by atoms with Crippen LogP contribution in [0.15, 0.2) is 0 Å². The lowest BCUT2D eigenvalue weighted by atomic mass is 9.69. The lowest BCUT2D eigenvalue weighted by molar-refractivity contribution is -0.112. The van der Waals surface area contributed by atoms with Crippen molar-refractivity contribution in [2.45, 2.75) is 64.5 Å². The number of rotatable bonds is 7. The molecule has 0 aromatic rings. The fourth-order valence-electron chi connectivity index (χ4n) is 1.14. The van der Waals surface area contributed by atoms with Crippen molar-refractivity contribution >= 4 is 13.4 Å². The van der Waals surface area contributed by atoms with Gasteiger partial charge >= 0.3 is 7.12 Å². The summed E-state index contributed by atoms with van der Waals surface area (Å²) in [6.45, 7) is 8.52. The quantitative estimate of drug-likeness (QED) is 0.512. The van der Waals surface area contributed by atoms with Crippen LogP contribution >= 0.6 is 0 Å². The monoisotopic (exact) mass is 230 g/mol. The Balaban J connectivity index is 4.53. The molecule has 0 spiro atoms. The maximum absolute atomic E-state index is 10.8. The first-order valence-electron chi connectivity index (χ1n) is 5.69. The highest BCUT2D eigenvalue weighted by atomic mass is 16.5. The van der Waals surface area contributed by atoms with E-state index in [-0.39, 0.29) is 0 Å². The zero-order valence-corrected chi connectivity index (χ0v) is 10.9. The van der Waals surface area contributed by atoms with E-state index < -0.39 is 24.1 Å². The molecule has 0 aliphatic carbocycles. The second kappa shape index (κ2) is 5.80. The summed E-state index contributed by atoms with van der Waals surface area (Å²) in [6.07, 6.45) is 2.08. The van der Waals surface area contributed by atoms with Crippen LogP contribution in [0.3, 0.4) is 0 Å². The minimum Gasteiger partial charge on any atom is -0.426 e. The predicted molar refractivity (Wildman–Crippen MR) is 64.2 cm³/mol. The topological polar surface area (TPSA) is 66.8 Å². The van der Waals surface area contributed by atoms with Crippen molar-refractivity contribution in [1.82, 2.24) is 0 Å². The van der Waals surface area contributed by atoms with Gasteiger partial charge in [0.25, 0.3) is 0 Å². The first-order chi connectivity index (χ1) is 7.15. The lowest BCUT2D eigenvalue weighted by Gasteiger charge is -2.39. The van der Waals surface area contributed by atoms with Crippen molar-refractivity contribution in [2.75, 3.05) is 0 Å². The first kappa shape index (κ1) is 15.6. The van der Waals surface area contributed by atoms with E-state index in [1.807, 2.05) is 6.92 Å². The smallest absolute Gasteiger partial charge is 0.426 e. The standard InChI is InChI=1S/C11H23BO4/c1-6-7-9(8-13)12(15)16-11(4,5)10(2,3)14/h8-9,14-15H,6-7H2,1-5H3. The largest absolute Gasteiger partial charge is 0.465 e. The summed E-state index contributed by atoms with van der Waals surface area (Å²) in [5.41, 5.74) is -2.00. The minimum atomic E-state index is -1.17. The Hall–Kier alpha value is -0.385. The van der Waals surface area contributed by atoms with Crippen LogP contribution in [0, 0.1) is 0 Å². The molecule has 0 rings (SSSR count). The highest BCUT2D eigenvalue weighted by molar-refractivity contribution is 6.49. The van der Waals surface area contributed by atoms with E-state index in [0.29, 0.717) is 12.7 Å². The van der Waals surface area contributed by atoms with Gasteiger partial charge in [-0.05, 0) is 34.1 Å². The highest BCUT2D eigenvalue weighted by Gasteiger charge is 2.41. The molecular formula is C11H23BO4. The Kier molecular flexibility index (Phi) is 5.66. The molecule has 16 heavy (non-hydrogen) atoms. The fraction of sp³-hybridized carbons (Fsp3) is 0.909. The summed E-state index contributed by atoms with van der Waals surface area (Å²) in [4.78, 5) is 10.8. The van der Waals surface area contributed by atoms with E-state index >= 15 is 0 Å². The maximum Gasteiger partial charge on any atom is 0.465 e. The predicted octanol–water partition coefficient (Wildman–Crippen LogP) is 1.40. The van der Waals surface area contributed by atoms with Gasteiger partial charge in [0.15, 0.2) is 0 Å². The molecule has 0 fully saturated rings. The molecule has 0 aromatic carbocycles. The molecule has 5 heteroatoms. The van der Waals surface area contributed by atoms with Crippen LogP contribution in [0.1, 0.15) is 47.5 Å². The first-order valence-corrected chi connectivity index (χ1v) is 5.69. The molecule has 1 unspecified atom stereocenters. The average Bonchev–Trinajstić information content (AvgIpc) is 2.11. The molecule has 0 saturated heterocycles. The summed E-state index contributed by atoms with van der Waals surface area (Å²) < 4.78 is 5.38. The Labute approximate surface area is 98.1 Å². The van der Waals surface area contributed by atoms with Gasteiger partial charge in [0, 0.05) is 5.82 Å². The number of aliphatic hydroxyl groups is 1. The van der Waals surface area contributed by atoms with Gasteiger partial charge in [-0.1, -0.05) is 13.3 Å². The van der Waals surface area contributed by atoms with E-state index in [2.05, 4.69) is 0 Å². The van der Waals surface area contributed by atoms with Crippen molar-refractivity contribution in [1.29, 1.82) is 0 Å². The van der Waals surface area contributed by atoms with Gasteiger partial charge in [-0.15, -0.1) is 0 Å². The molecule has 2 N–H and O–H groups in total. The van der Waals surface area contributed by atoms with Crippen LogP contribution in [0.4, 0.5) is 0 Å². The van der Waals surface area contributed by atoms with Crippen LogP contribution in [0.25, 0.3) is 0 Å². The normalized spacial score (nSPS) is 14.7. The SMILES string of the molecule is CCCC(C=O)B(O)OC(C)(C)C(C)(C)O. The molecule has 94 valence electrons. The summed E-state index contributed by atoms with van der Waals surface area (Å²) >= 11 is 0. The molecular weight excluding hydrogens is 207 g/mol. The van der Waals surface area contributed by atoms with Gasteiger partial charge in [-0.3, -0.25) is 0 Å². The number of hydrogen-bond donors (Lipinski definition) is 2. The highest BCUT2D eigenvalue weighted by Crippen LogP contribution is 2.28. The van der Waals surface area contributed by atoms with Gasteiger partial charge < -0.3 is 19.6 Å². The second-order valence-electron chi connectivity index (χ2n) is 5.17. The molecule has 0 aliphatic rings. The fourth-order valence-corrected chi connectivity index (χ4v) is 1.14. The summed E-state index contributed by atoms with van der Waals surface area (Å²) in [6, 6.07) is 0. The molecule has 0 aliphatic heterocycles. The van der Waals surface area contributed by atoms with Gasteiger partial charge in [-0.2, -0.15) is 0 Å². The van der Waals surface area contributed by atoms with E-state index in [1.54, 1.807) is 27.7 Å². The van der Waals surface area contributed by atoms with Crippen molar-refractivity contribution < 1.29 is 19.6 Å². The molecule has 0 saturated carbocycles. The number of hydrogen-bond acceptors (Lipinski definition) is 4. The van der Waals surface area contributed by atoms with Crippen molar-refractivity contribution in [2.24, 2.45) is 0 Å². The molecule has 0 heterocycles. The third-order valence-electron chi connectivity index (χ3n) is 3.05. The maximum atomic E-state index is 10.8. The second-order valence-corrected chi connectivity index (χ2v) is 5.17. The summed E-state index contributed by atoms with van der Waals surface area (Å²) in [5, 5.41) is 19.6. The lowest BCUT2D eigenvalue weighted by Crippen LogP contribution is -2.51. The molecule has 0 amide bonds. The summed E-state index contributed by atoms with van der Waals surface area (Å²) in [7, 11) is -1.17. The van der Waals surface area contributed by atoms with Crippen LogP contribution in [0.2, 0.25) is 5.82 Å².